The van der Waals surface area contributed by atoms with Gasteiger partial charge >= 0.3 is 11.7 Å². The van der Waals surface area contributed by atoms with Crippen molar-refractivity contribution in [2.45, 2.75) is 12.8 Å². The lowest BCUT2D eigenvalue weighted by molar-refractivity contribution is -0.385. The molecule has 0 saturated carbocycles. The molecule has 25 heavy (non-hydrogen) atoms. The summed E-state index contributed by atoms with van der Waals surface area (Å²) in [5.74, 6) is -0.626. The molecule has 9 heteroatoms. The predicted molar refractivity (Wildman–Crippen MR) is 92.1 cm³/mol. The minimum Gasteiger partial charge on any atom is -0.487 e. The van der Waals surface area contributed by atoms with Crippen LogP contribution in [0.4, 0.5) is 11.4 Å². The molecule has 2 aromatic rings. The van der Waals surface area contributed by atoms with Crippen molar-refractivity contribution < 1.29 is 24.0 Å². The summed E-state index contributed by atoms with van der Waals surface area (Å²) < 4.78 is 10.0. The lowest BCUT2D eigenvalue weighted by Crippen LogP contribution is -2.14. The van der Waals surface area contributed by atoms with Gasteiger partial charge in [-0.05, 0) is 23.9 Å². The van der Waals surface area contributed by atoms with Crippen LogP contribution in [-0.4, -0.2) is 30.5 Å². The van der Waals surface area contributed by atoms with Crippen LogP contribution in [0.15, 0.2) is 35.7 Å². The number of thiophene rings is 1. The number of para-hydroxylation sites is 2. The van der Waals surface area contributed by atoms with Crippen molar-refractivity contribution in [1.82, 2.24) is 0 Å². The SMILES string of the molecule is COC(=O)c1sccc1NC(=O)CCCOc1ccccc1[N+](=O)[O-]. The fraction of sp³-hybridized carbons (Fsp3) is 0.250. The maximum Gasteiger partial charge on any atom is 0.350 e. The Kier molecular flexibility index (Phi) is 6.47. The molecule has 0 aliphatic carbocycles. The van der Waals surface area contributed by atoms with Crippen molar-refractivity contribution in [3.05, 3.63) is 50.7 Å². The van der Waals surface area contributed by atoms with Gasteiger partial charge in [0.1, 0.15) is 4.88 Å². The molecule has 1 amide bonds. The van der Waals surface area contributed by atoms with Gasteiger partial charge in [-0.15, -0.1) is 11.3 Å². The van der Waals surface area contributed by atoms with Gasteiger partial charge in [0.2, 0.25) is 5.91 Å². The number of nitrogens with one attached hydrogen (secondary N) is 1. The van der Waals surface area contributed by atoms with Crippen molar-refractivity contribution in [2.24, 2.45) is 0 Å². The Morgan fingerprint density at radius 3 is 2.76 bits per heavy atom. The van der Waals surface area contributed by atoms with Gasteiger partial charge in [-0.2, -0.15) is 0 Å². The van der Waals surface area contributed by atoms with Crippen molar-refractivity contribution in [3.63, 3.8) is 0 Å². The third kappa shape index (κ3) is 5.01. The van der Waals surface area contributed by atoms with Gasteiger partial charge in [-0.3, -0.25) is 14.9 Å². The van der Waals surface area contributed by atoms with E-state index >= 15 is 0 Å². The second kappa shape index (κ2) is 8.78. The highest BCUT2D eigenvalue weighted by Crippen LogP contribution is 2.26. The lowest BCUT2D eigenvalue weighted by Gasteiger charge is -2.07. The maximum absolute atomic E-state index is 11.9. The Hall–Kier alpha value is -2.94. The first-order valence-electron chi connectivity index (χ1n) is 7.34. The highest BCUT2D eigenvalue weighted by molar-refractivity contribution is 7.12. The highest BCUT2D eigenvalue weighted by Gasteiger charge is 2.16. The molecule has 0 atom stereocenters. The van der Waals surface area contributed by atoms with E-state index in [-0.39, 0.29) is 30.4 Å². The molecule has 1 N–H and O–H groups in total. The van der Waals surface area contributed by atoms with Crippen LogP contribution in [0.25, 0.3) is 0 Å². The lowest BCUT2D eigenvalue weighted by atomic mass is 10.2. The number of methoxy groups -OCH3 is 1. The summed E-state index contributed by atoms with van der Waals surface area (Å²) in [4.78, 5) is 34.2. The molecule has 8 nitrogen and oxygen atoms in total. The van der Waals surface area contributed by atoms with E-state index in [2.05, 4.69) is 10.1 Å². The number of benzene rings is 1. The van der Waals surface area contributed by atoms with Crippen LogP contribution in [0.1, 0.15) is 22.5 Å². The first-order chi connectivity index (χ1) is 12.0. The van der Waals surface area contributed by atoms with Crippen LogP contribution >= 0.6 is 11.3 Å². The zero-order chi connectivity index (χ0) is 18.2. The molecule has 1 aromatic heterocycles. The van der Waals surface area contributed by atoms with Gasteiger partial charge in [0, 0.05) is 12.5 Å². The van der Waals surface area contributed by atoms with Crippen molar-refractivity contribution in [1.29, 1.82) is 0 Å². The van der Waals surface area contributed by atoms with Gasteiger partial charge < -0.3 is 14.8 Å². The molecule has 132 valence electrons. The summed E-state index contributed by atoms with van der Waals surface area (Å²) in [6.07, 6.45) is 0.521. The van der Waals surface area contributed by atoms with Gasteiger partial charge in [0.25, 0.3) is 0 Å². The fourth-order valence-corrected chi connectivity index (χ4v) is 2.78. The largest absolute Gasteiger partial charge is 0.487 e. The molecule has 0 spiro atoms. The molecule has 0 aliphatic rings. The number of carbonyl (C=O) groups is 2. The minimum absolute atomic E-state index is 0.118. The Balaban J connectivity index is 1.81. The highest BCUT2D eigenvalue weighted by atomic mass is 32.1. The van der Waals surface area contributed by atoms with E-state index in [1.165, 1.54) is 30.6 Å². The smallest absolute Gasteiger partial charge is 0.350 e. The molecule has 0 unspecified atom stereocenters. The average molecular weight is 364 g/mol. The number of anilines is 1. The summed E-state index contributed by atoms with van der Waals surface area (Å²) in [6.45, 7) is 0.159. The van der Waals surface area contributed by atoms with Gasteiger partial charge in [0.05, 0.1) is 24.3 Å². The average Bonchev–Trinajstić information content (AvgIpc) is 3.06. The molecular formula is C16H16N2O6S. The summed E-state index contributed by atoms with van der Waals surface area (Å²) >= 11 is 1.18. The van der Waals surface area contributed by atoms with E-state index in [0.29, 0.717) is 17.0 Å². The van der Waals surface area contributed by atoms with Gasteiger partial charge in [-0.25, -0.2) is 4.79 Å². The monoisotopic (exact) mass is 364 g/mol. The predicted octanol–water partition coefficient (Wildman–Crippen LogP) is 3.24. The fourth-order valence-electron chi connectivity index (χ4n) is 2.02. The first-order valence-corrected chi connectivity index (χ1v) is 8.22. The van der Waals surface area contributed by atoms with Gasteiger partial charge in [0.15, 0.2) is 5.75 Å². The number of nitro groups is 1. The quantitative estimate of drug-likeness (QED) is 0.333. The topological polar surface area (TPSA) is 108 Å². The van der Waals surface area contributed by atoms with Crippen LogP contribution in [0.5, 0.6) is 5.75 Å². The number of ether oxygens (including phenoxy) is 2. The maximum atomic E-state index is 11.9. The number of carbonyl (C=O) groups excluding carboxylic acids is 2. The van der Waals surface area contributed by atoms with E-state index in [0.717, 1.165) is 0 Å². The third-order valence-electron chi connectivity index (χ3n) is 3.18. The van der Waals surface area contributed by atoms with Crippen molar-refractivity contribution >= 4 is 34.6 Å². The molecule has 0 fully saturated rings. The number of hydrogen-bond acceptors (Lipinski definition) is 7. The second-order valence-corrected chi connectivity index (χ2v) is 5.80. The molecular weight excluding hydrogens is 348 g/mol. The number of hydrogen-bond donors (Lipinski definition) is 1. The third-order valence-corrected chi connectivity index (χ3v) is 4.07. The van der Waals surface area contributed by atoms with Crippen LogP contribution < -0.4 is 10.1 Å². The molecule has 0 saturated heterocycles. The van der Waals surface area contributed by atoms with E-state index in [9.17, 15) is 19.7 Å². The molecule has 0 bridgehead atoms. The Bertz CT molecular complexity index is 773. The molecule has 0 aliphatic heterocycles. The number of nitrogens with zero attached hydrogens (tertiary/aromatic N) is 1. The second-order valence-electron chi connectivity index (χ2n) is 4.88. The summed E-state index contributed by atoms with van der Waals surface area (Å²) in [5.41, 5.74) is 0.286. The summed E-state index contributed by atoms with van der Waals surface area (Å²) in [7, 11) is 1.27. The van der Waals surface area contributed by atoms with Crippen molar-refractivity contribution in [2.75, 3.05) is 19.0 Å². The van der Waals surface area contributed by atoms with Gasteiger partial charge in [-0.1, -0.05) is 12.1 Å². The van der Waals surface area contributed by atoms with Crippen LogP contribution in [0.2, 0.25) is 0 Å². The van der Waals surface area contributed by atoms with Crippen LogP contribution in [0, 0.1) is 10.1 Å². The van der Waals surface area contributed by atoms with E-state index < -0.39 is 10.9 Å². The van der Waals surface area contributed by atoms with Crippen LogP contribution in [0.3, 0.4) is 0 Å². The van der Waals surface area contributed by atoms with Crippen molar-refractivity contribution in [3.8, 4) is 5.75 Å². The number of esters is 1. The van der Waals surface area contributed by atoms with E-state index in [1.807, 2.05) is 0 Å². The number of amides is 1. The van der Waals surface area contributed by atoms with E-state index in [1.54, 1.807) is 23.6 Å². The molecule has 1 heterocycles. The molecule has 2 rings (SSSR count). The Morgan fingerprint density at radius 2 is 2.04 bits per heavy atom. The van der Waals surface area contributed by atoms with E-state index in [4.69, 9.17) is 4.74 Å². The normalized spacial score (nSPS) is 10.1. The molecule has 1 aromatic carbocycles. The minimum atomic E-state index is -0.521. The summed E-state index contributed by atoms with van der Waals surface area (Å²) in [5, 5.41) is 15.2. The zero-order valence-corrected chi connectivity index (χ0v) is 14.2. The Morgan fingerprint density at radius 1 is 1.28 bits per heavy atom. The molecule has 0 radical (unpaired) electrons. The standard InChI is InChI=1S/C16H16N2O6S/c1-23-16(20)15-11(8-10-25-15)17-14(19)7-4-9-24-13-6-3-2-5-12(13)18(21)22/h2-3,5-6,8,10H,4,7,9H2,1H3,(H,17,19). The zero-order valence-electron chi connectivity index (χ0n) is 13.4. The van der Waals surface area contributed by atoms with Crippen LogP contribution in [-0.2, 0) is 9.53 Å². The summed E-state index contributed by atoms with van der Waals surface area (Å²) in [6, 6.07) is 7.68. The first kappa shape index (κ1) is 18.4. The Labute approximate surface area is 147 Å². The number of rotatable bonds is 8. The number of nitro benzene ring substituents is 1.